The molecule has 1 aliphatic heterocycles. The molecule has 3 rings (SSSR count). The van der Waals surface area contributed by atoms with Crippen molar-refractivity contribution in [2.45, 2.75) is 46.6 Å². The number of aromatic amines is 1. The lowest BCUT2D eigenvalue weighted by atomic mass is 10.0. The summed E-state index contributed by atoms with van der Waals surface area (Å²) < 4.78 is 0. The number of nitrogens with one attached hydrogen (secondary N) is 1. The molecule has 0 saturated carbocycles. The predicted octanol–water partition coefficient (Wildman–Crippen LogP) is 2.37. The second-order valence-electron chi connectivity index (χ2n) is 7.40. The lowest BCUT2D eigenvalue weighted by Gasteiger charge is -2.41. The lowest BCUT2D eigenvalue weighted by molar-refractivity contribution is -0.133. The number of carbonyl (C=O) groups is 1. The van der Waals surface area contributed by atoms with Crippen LogP contribution in [0, 0.1) is 20.8 Å². The van der Waals surface area contributed by atoms with Gasteiger partial charge in [0.05, 0.1) is 0 Å². The van der Waals surface area contributed by atoms with Crippen LogP contribution in [0.5, 0.6) is 0 Å². The third-order valence-corrected chi connectivity index (χ3v) is 5.45. The third kappa shape index (κ3) is 4.21. The van der Waals surface area contributed by atoms with Crippen LogP contribution in [-0.2, 0) is 11.2 Å². The van der Waals surface area contributed by atoms with E-state index in [0.29, 0.717) is 18.5 Å². The number of aromatic nitrogens is 2. The Morgan fingerprint density at radius 1 is 1.22 bits per heavy atom. The molecular formula is C21H28N4O2. The van der Waals surface area contributed by atoms with Gasteiger partial charge in [0, 0.05) is 49.2 Å². The number of rotatable bonds is 4. The van der Waals surface area contributed by atoms with E-state index in [2.05, 4.69) is 53.0 Å². The fourth-order valence-electron chi connectivity index (χ4n) is 3.96. The number of aryl methyl sites for hydroxylation is 3. The summed E-state index contributed by atoms with van der Waals surface area (Å²) >= 11 is 0. The molecule has 0 aliphatic carbocycles. The highest BCUT2D eigenvalue weighted by molar-refractivity contribution is 5.77. The summed E-state index contributed by atoms with van der Waals surface area (Å²) in [6.45, 7) is 10.3. The van der Waals surface area contributed by atoms with Crippen LogP contribution in [0.1, 0.15) is 35.9 Å². The minimum atomic E-state index is -0.332. The summed E-state index contributed by atoms with van der Waals surface area (Å²) in [5, 5.41) is 0. The van der Waals surface area contributed by atoms with E-state index in [1.54, 1.807) is 0 Å². The van der Waals surface area contributed by atoms with Crippen LogP contribution in [0.15, 0.2) is 29.1 Å². The van der Waals surface area contributed by atoms with E-state index >= 15 is 0 Å². The average Bonchev–Trinajstić information content (AvgIpc) is 2.61. The van der Waals surface area contributed by atoms with Gasteiger partial charge >= 0.3 is 5.69 Å². The van der Waals surface area contributed by atoms with E-state index in [1.807, 2.05) is 18.7 Å². The van der Waals surface area contributed by atoms with E-state index in [-0.39, 0.29) is 17.6 Å². The highest BCUT2D eigenvalue weighted by Gasteiger charge is 2.27. The number of benzene rings is 1. The molecule has 1 aliphatic rings. The molecule has 1 atom stereocenters. The van der Waals surface area contributed by atoms with Gasteiger partial charge in [0.2, 0.25) is 5.91 Å². The Labute approximate surface area is 160 Å². The van der Waals surface area contributed by atoms with Crippen LogP contribution < -0.4 is 10.6 Å². The highest BCUT2D eigenvalue weighted by Crippen LogP contribution is 2.23. The smallest absolute Gasteiger partial charge is 0.345 e. The van der Waals surface area contributed by atoms with Crippen molar-refractivity contribution in [3.63, 3.8) is 0 Å². The maximum atomic E-state index is 12.8. The first kappa shape index (κ1) is 19.1. The van der Waals surface area contributed by atoms with Gasteiger partial charge in [-0.3, -0.25) is 4.79 Å². The van der Waals surface area contributed by atoms with Crippen LogP contribution in [0.4, 0.5) is 5.69 Å². The molecule has 1 aromatic carbocycles. The molecule has 2 aromatic rings. The number of nitrogens with zero attached hydrogens (tertiary/aromatic N) is 3. The van der Waals surface area contributed by atoms with E-state index in [4.69, 9.17) is 0 Å². The standard InChI is InChI=1S/C21H28N4O2/c1-14-7-5-6-8-19(14)24-11-12-25(15(2)13-24)20(26)10-9-18-16(3)22-21(27)23-17(18)4/h5-8,15H,9-13H2,1-4H3,(H,22,23,27)/t15-/m0/s1. The Hall–Kier alpha value is -2.63. The lowest BCUT2D eigenvalue weighted by Crippen LogP contribution is -2.54. The van der Waals surface area contributed by atoms with Gasteiger partial charge < -0.3 is 14.8 Å². The van der Waals surface area contributed by atoms with E-state index < -0.39 is 0 Å². The summed E-state index contributed by atoms with van der Waals surface area (Å²) in [7, 11) is 0. The number of carbonyl (C=O) groups excluding carboxylic acids is 1. The molecule has 144 valence electrons. The highest BCUT2D eigenvalue weighted by atomic mass is 16.2. The third-order valence-electron chi connectivity index (χ3n) is 5.45. The van der Waals surface area contributed by atoms with Crippen molar-refractivity contribution in [3.8, 4) is 0 Å². The summed E-state index contributed by atoms with van der Waals surface area (Å²) in [6.07, 6.45) is 1.04. The second kappa shape index (κ2) is 7.94. The van der Waals surface area contributed by atoms with E-state index in [0.717, 1.165) is 30.9 Å². The van der Waals surface area contributed by atoms with Crippen LogP contribution >= 0.6 is 0 Å². The Bertz CT molecular complexity index is 864. The second-order valence-corrected chi connectivity index (χ2v) is 7.40. The van der Waals surface area contributed by atoms with Crippen LogP contribution in [0.25, 0.3) is 0 Å². The summed E-state index contributed by atoms with van der Waals surface area (Å²) in [6, 6.07) is 8.56. The Balaban J connectivity index is 1.62. The zero-order valence-corrected chi connectivity index (χ0v) is 16.6. The van der Waals surface area contributed by atoms with Crippen LogP contribution in [0.2, 0.25) is 0 Å². The number of H-pyrrole nitrogens is 1. The molecule has 1 N–H and O–H groups in total. The van der Waals surface area contributed by atoms with Crippen molar-refractivity contribution in [2.75, 3.05) is 24.5 Å². The zero-order chi connectivity index (χ0) is 19.6. The first-order valence-corrected chi connectivity index (χ1v) is 9.53. The van der Waals surface area contributed by atoms with Crippen LogP contribution in [0.3, 0.4) is 0 Å². The zero-order valence-electron chi connectivity index (χ0n) is 16.6. The molecular weight excluding hydrogens is 340 g/mol. The predicted molar refractivity (Wildman–Crippen MR) is 107 cm³/mol. The quantitative estimate of drug-likeness (QED) is 0.899. The number of hydrogen-bond acceptors (Lipinski definition) is 4. The Morgan fingerprint density at radius 3 is 2.63 bits per heavy atom. The topological polar surface area (TPSA) is 69.3 Å². The summed E-state index contributed by atoms with van der Waals surface area (Å²) in [5.74, 6) is 0.164. The van der Waals surface area contributed by atoms with E-state index in [9.17, 15) is 9.59 Å². The van der Waals surface area contributed by atoms with Gasteiger partial charge in [0.25, 0.3) is 0 Å². The van der Waals surface area contributed by atoms with Crippen molar-refractivity contribution in [1.82, 2.24) is 14.9 Å². The molecule has 27 heavy (non-hydrogen) atoms. The molecule has 6 nitrogen and oxygen atoms in total. The van der Waals surface area contributed by atoms with Gasteiger partial charge in [-0.25, -0.2) is 4.79 Å². The maximum Gasteiger partial charge on any atom is 0.345 e. The fourth-order valence-corrected chi connectivity index (χ4v) is 3.96. The molecule has 6 heteroatoms. The molecule has 2 heterocycles. The minimum Gasteiger partial charge on any atom is -0.367 e. The molecule has 0 bridgehead atoms. The monoisotopic (exact) mass is 368 g/mol. The van der Waals surface area contributed by atoms with Gasteiger partial charge in [-0.15, -0.1) is 0 Å². The SMILES string of the molecule is Cc1ccccc1N1CCN(C(=O)CCc2c(C)nc(=O)[nH]c2C)[C@@H](C)C1. The minimum absolute atomic E-state index is 0.164. The van der Waals surface area contributed by atoms with Gasteiger partial charge in [0.1, 0.15) is 0 Å². The number of para-hydroxylation sites is 1. The molecule has 1 aromatic heterocycles. The fraction of sp³-hybridized carbons (Fsp3) is 0.476. The average molecular weight is 368 g/mol. The van der Waals surface area contributed by atoms with Gasteiger partial charge in [-0.2, -0.15) is 4.98 Å². The van der Waals surface area contributed by atoms with Crippen molar-refractivity contribution in [3.05, 3.63) is 57.3 Å². The molecule has 1 saturated heterocycles. The molecule has 1 fully saturated rings. The largest absolute Gasteiger partial charge is 0.367 e. The molecule has 1 amide bonds. The van der Waals surface area contributed by atoms with Gasteiger partial charge in [0.15, 0.2) is 0 Å². The maximum absolute atomic E-state index is 12.8. The first-order valence-electron chi connectivity index (χ1n) is 9.53. The molecule has 0 radical (unpaired) electrons. The normalized spacial score (nSPS) is 17.3. The van der Waals surface area contributed by atoms with Crippen molar-refractivity contribution >= 4 is 11.6 Å². The number of piperazine rings is 1. The van der Waals surface area contributed by atoms with Crippen molar-refractivity contribution in [1.29, 1.82) is 0 Å². The number of hydrogen-bond donors (Lipinski definition) is 1. The van der Waals surface area contributed by atoms with Crippen molar-refractivity contribution < 1.29 is 4.79 Å². The summed E-state index contributed by atoms with van der Waals surface area (Å²) in [4.78, 5) is 35.2. The Morgan fingerprint density at radius 2 is 1.96 bits per heavy atom. The molecule has 0 spiro atoms. The first-order chi connectivity index (χ1) is 12.9. The van der Waals surface area contributed by atoms with Crippen LogP contribution in [-0.4, -0.2) is 46.5 Å². The number of anilines is 1. The van der Waals surface area contributed by atoms with Gasteiger partial charge in [-0.05, 0) is 51.3 Å². The number of amides is 1. The van der Waals surface area contributed by atoms with Gasteiger partial charge in [-0.1, -0.05) is 18.2 Å². The van der Waals surface area contributed by atoms with Crippen molar-refractivity contribution in [2.24, 2.45) is 0 Å². The Kier molecular flexibility index (Phi) is 5.63. The van der Waals surface area contributed by atoms with E-state index in [1.165, 1.54) is 11.3 Å². The molecule has 0 unspecified atom stereocenters. The summed E-state index contributed by atoms with van der Waals surface area (Å²) in [5.41, 5.74) is 4.66.